The van der Waals surface area contributed by atoms with E-state index in [0.29, 0.717) is 6.61 Å². The smallest absolute Gasteiger partial charge is 0.125 e. The maximum atomic E-state index is 5.87. The molecule has 0 aromatic heterocycles. The van der Waals surface area contributed by atoms with E-state index in [1.54, 1.807) is 7.11 Å². The summed E-state index contributed by atoms with van der Waals surface area (Å²) in [6.45, 7) is 4.64. The summed E-state index contributed by atoms with van der Waals surface area (Å²) in [6, 6.07) is 14.0. The van der Waals surface area contributed by atoms with Crippen LogP contribution < -0.4 is 9.47 Å². The van der Waals surface area contributed by atoms with Gasteiger partial charge in [0, 0.05) is 5.56 Å². The SMILES string of the molecule is COc1cccc(C)c1COc1ccccc1C. The Labute approximate surface area is 108 Å². The molecule has 0 fully saturated rings. The number of methoxy groups -OCH3 is 1. The largest absolute Gasteiger partial charge is 0.496 e. The van der Waals surface area contributed by atoms with Gasteiger partial charge in [0.05, 0.1) is 7.11 Å². The first-order valence-corrected chi connectivity index (χ1v) is 6.03. The predicted octanol–water partition coefficient (Wildman–Crippen LogP) is 3.89. The Morgan fingerprint density at radius 2 is 1.50 bits per heavy atom. The van der Waals surface area contributed by atoms with Crippen molar-refractivity contribution < 1.29 is 9.47 Å². The molecule has 0 radical (unpaired) electrons. The molecule has 2 rings (SSSR count). The Bertz CT molecular complexity index is 532. The lowest BCUT2D eigenvalue weighted by Crippen LogP contribution is -2.01. The van der Waals surface area contributed by atoms with E-state index in [-0.39, 0.29) is 0 Å². The summed E-state index contributed by atoms with van der Waals surface area (Å²) in [6.07, 6.45) is 0. The molecule has 2 aromatic rings. The van der Waals surface area contributed by atoms with Crippen molar-refractivity contribution in [1.29, 1.82) is 0 Å². The van der Waals surface area contributed by atoms with Crippen LogP contribution in [0.5, 0.6) is 11.5 Å². The fourth-order valence-corrected chi connectivity index (χ4v) is 1.92. The van der Waals surface area contributed by atoms with Crippen LogP contribution in [0.1, 0.15) is 16.7 Å². The molecule has 0 aliphatic heterocycles. The highest BCUT2D eigenvalue weighted by atomic mass is 16.5. The molecule has 2 aromatic carbocycles. The van der Waals surface area contributed by atoms with Crippen LogP contribution >= 0.6 is 0 Å². The number of para-hydroxylation sites is 1. The molecule has 0 amide bonds. The Morgan fingerprint density at radius 3 is 2.22 bits per heavy atom. The van der Waals surface area contributed by atoms with Crippen molar-refractivity contribution in [3.05, 3.63) is 59.2 Å². The lowest BCUT2D eigenvalue weighted by molar-refractivity contribution is 0.294. The van der Waals surface area contributed by atoms with Crippen LogP contribution in [0.3, 0.4) is 0 Å². The highest BCUT2D eigenvalue weighted by Crippen LogP contribution is 2.24. The molecule has 18 heavy (non-hydrogen) atoms. The molecule has 0 aliphatic rings. The molecule has 2 nitrogen and oxygen atoms in total. The lowest BCUT2D eigenvalue weighted by atomic mass is 10.1. The van der Waals surface area contributed by atoms with Crippen LogP contribution in [0.4, 0.5) is 0 Å². The summed E-state index contributed by atoms with van der Waals surface area (Å²) < 4.78 is 11.2. The summed E-state index contributed by atoms with van der Waals surface area (Å²) in [5, 5.41) is 0. The van der Waals surface area contributed by atoms with E-state index in [1.807, 2.05) is 43.3 Å². The number of rotatable bonds is 4. The van der Waals surface area contributed by atoms with E-state index in [2.05, 4.69) is 13.0 Å². The molecule has 0 N–H and O–H groups in total. The first kappa shape index (κ1) is 12.5. The molecular weight excluding hydrogens is 224 g/mol. The van der Waals surface area contributed by atoms with Gasteiger partial charge in [0.25, 0.3) is 0 Å². The van der Waals surface area contributed by atoms with Gasteiger partial charge in [-0.05, 0) is 37.1 Å². The number of hydrogen-bond acceptors (Lipinski definition) is 2. The molecule has 0 atom stereocenters. The summed E-state index contributed by atoms with van der Waals surface area (Å²) in [4.78, 5) is 0. The monoisotopic (exact) mass is 242 g/mol. The quantitative estimate of drug-likeness (QED) is 0.809. The third-order valence-corrected chi connectivity index (χ3v) is 3.05. The maximum absolute atomic E-state index is 5.87. The van der Waals surface area contributed by atoms with E-state index >= 15 is 0 Å². The third kappa shape index (κ3) is 2.65. The van der Waals surface area contributed by atoms with Crippen molar-refractivity contribution in [2.75, 3.05) is 7.11 Å². The van der Waals surface area contributed by atoms with Crippen LogP contribution in [-0.4, -0.2) is 7.11 Å². The van der Waals surface area contributed by atoms with Crippen LogP contribution in [0.2, 0.25) is 0 Å². The Morgan fingerprint density at radius 1 is 0.833 bits per heavy atom. The molecule has 94 valence electrons. The minimum atomic E-state index is 0.528. The van der Waals surface area contributed by atoms with E-state index < -0.39 is 0 Å². The average Bonchev–Trinajstić information content (AvgIpc) is 2.39. The molecule has 0 heterocycles. The van der Waals surface area contributed by atoms with Gasteiger partial charge in [-0.1, -0.05) is 30.3 Å². The second-order valence-electron chi connectivity index (χ2n) is 4.31. The minimum absolute atomic E-state index is 0.528. The summed E-state index contributed by atoms with van der Waals surface area (Å²) in [5.74, 6) is 1.80. The van der Waals surface area contributed by atoms with Gasteiger partial charge in [-0.3, -0.25) is 0 Å². The normalized spacial score (nSPS) is 10.2. The van der Waals surface area contributed by atoms with Crippen molar-refractivity contribution in [3.63, 3.8) is 0 Å². The van der Waals surface area contributed by atoms with Crippen molar-refractivity contribution in [1.82, 2.24) is 0 Å². The maximum Gasteiger partial charge on any atom is 0.125 e. The van der Waals surface area contributed by atoms with E-state index in [0.717, 1.165) is 22.6 Å². The second kappa shape index (κ2) is 5.58. The van der Waals surface area contributed by atoms with Crippen molar-refractivity contribution in [2.24, 2.45) is 0 Å². The first-order chi connectivity index (χ1) is 8.72. The highest BCUT2D eigenvalue weighted by Gasteiger charge is 2.07. The van der Waals surface area contributed by atoms with Gasteiger partial charge in [0.2, 0.25) is 0 Å². The summed E-state index contributed by atoms with van der Waals surface area (Å²) in [5.41, 5.74) is 3.43. The van der Waals surface area contributed by atoms with Gasteiger partial charge >= 0.3 is 0 Å². The number of benzene rings is 2. The van der Waals surface area contributed by atoms with Gasteiger partial charge in [-0.25, -0.2) is 0 Å². The summed E-state index contributed by atoms with van der Waals surface area (Å²) >= 11 is 0. The van der Waals surface area contributed by atoms with Crippen LogP contribution in [0.25, 0.3) is 0 Å². The van der Waals surface area contributed by atoms with E-state index in [9.17, 15) is 0 Å². The zero-order valence-corrected chi connectivity index (χ0v) is 11.1. The fraction of sp³-hybridized carbons (Fsp3) is 0.250. The van der Waals surface area contributed by atoms with Gasteiger partial charge in [0.15, 0.2) is 0 Å². The van der Waals surface area contributed by atoms with Gasteiger partial charge < -0.3 is 9.47 Å². The lowest BCUT2D eigenvalue weighted by Gasteiger charge is -2.13. The predicted molar refractivity (Wildman–Crippen MR) is 73.2 cm³/mol. The van der Waals surface area contributed by atoms with Gasteiger partial charge in [-0.15, -0.1) is 0 Å². The fourth-order valence-electron chi connectivity index (χ4n) is 1.92. The Balaban J connectivity index is 2.18. The Hall–Kier alpha value is -1.96. The zero-order chi connectivity index (χ0) is 13.0. The van der Waals surface area contributed by atoms with Crippen molar-refractivity contribution >= 4 is 0 Å². The first-order valence-electron chi connectivity index (χ1n) is 6.03. The molecule has 0 aliphatic carbocycles. The van der Waals surface area contributed by atoms with Crippen molar-refractivity contribution in [2.45, 2.75) is 20.5 Å². The standard InChI is InChI=1S/C16H18O2/c1-12-8-6-10-16(17-3)14(12)11-18-15-9-5-4-7-13(15)2/h4-10H,11H2,1-3H3. The van der Waals surface area contributed by atoms with E-state index in [4.69, 9.17) is 9.47 Å². The molecule has 0 unspecified atom stereocenters. The number of hydrogen-bond donors (Lipinski definition) is 0. The highest BCUT2D eigenvalue weighted by molar-refractivity contribution is 5.40. The molecule has 0 saturated heterocycles. The van der Waals surface area contributed by atoms with Crippen LogP contribution in [-0.2, 0) is 6.61 Å². The average molecular weight is 242 g/mol. The molecule has 2 heteroatoms. The molecule has 0 spiro atoms. The molecule has 0 bridgehead atoms. The number of ether oxygens (including phenoxy) is 2. The third-order valence-electron chi connectivity index (χ3n) is 3.05. The number of aryl methyl sites for hydroxylation is 2. The Kier molecular flexibility index (Phi) is 3.88. The van der Waals surface area contributed by atoms with E-state index in [1.165, 1.54) is 5.56 Å². The zero-order valence-electron chi connectivity index (χ0n) is 11.1. The topological polar surface area (TPSA) is 18.5 Å². The molecular formula is C16H18O2. The van der Waals surface area contributed by atoms with Crippen LogP contribution in [0.15, 0.2) is 42.5 Å². The van der Waals surface area contributed by atoms with Crippen molar-refractivity contribution in [3.8, 4) is 11.5 Å². The van der Waals surface area contributed by atoms with Gasteiger partial charge in [-0.2, -0.15) is 0 Å². The second-order valence-corrected chi connectivity index (χ2v) is 4.31. The molecule has 0 saturated carbocycles. The summed E-state index contributed by atoms with van der Waals surface area (Å²) in [7, 11) is 1.69. The van der Waals surface area contributed by atoms with Gasteiger partial charge in [0.1, 0.15) is 18.1 Å². The van der Waals surface area contributed by atoms with Crippen LogP contribution in [0, 0.1) is 13.8 Å². The minimum Gasteiger partial charge on any atom is -0.496 e.